The standard InChI is InChI=1S/C15H28N2O/c1-3-5-13-6-7-14(12-16)15(11-13)17(8-4-2)9-10-18/h13-15,18H,3-11H2,1-2H3. The summed E-state index contributed by atoms with van der Waals surface area (Å²) in [5, 5.41) is 18.5. The van der Waals surface area contributed by atoms with Crippen LogP contribution >= 0.6 is 0 Å². The second-order valence-corrected chi connectivity index (χ2v) is 5.53. The predicted octanol–water partition coefficient (Wildman–Crippen LogP) is 2.80. The molecule has 0 aromatic heterocycles. The normalized spacial score (nSPS) is 28.3. The Morgan fingerprint density at radius 2 is 2.00 bits per heavy atom. The zero-order valence-electron chi connectivity index (χ0n) is 11.9. The van der Waals surface area contributed by atoms with Gasteiger partial charge in [0.15, 0.2) is 0 Å². The van der Waals surface area contributed by atoms with Crippen LogP contribution in [-0.4, -0.2) is 35.7 Å². The number of nitrogens with zero attached hydrogens (tertiary/aromatic N) is 2. The lowest BCUT2D eigenvalue weighted by Gasteiger charge is -2.40. The second kappa shape index (κ2) is 8.50. The number of rotatable bonds is 7. The molecule has 0 amide bonds. The first kappa shape index (κ1) is 15.5. The number of nitriles is 1. The van der Waals surface area contributed by atoms with Gasteiger partial charge in [-0.3, -0.25) is 4.90 Å². The highest BCUT2D eigenvalue weighted by molar-refractivity contribution is 4.97. The number of hydrogen-bond donors (Lipinski definition) is 1. The van der Waals surface area contributed by atoms with E-state index < -0.39 is 0 Å². The molecule has 3 heteroatoms. The van der Waals surface area contributed by atoms with E-state index in [0.717, 1.165) is 38.3 Å². The quantitative estimate of drug-likeness (QED) is 0.758. The van der Waals surface area contributed by atoms with Gasteiger partial charge in [-0.1, -0.05) is 26.7 Å². The molecule has 1 N–H and O–H groups in total. The van der Waals surface area contributed by atoms with Crippen LogP contribution in [0.3, 0.4) is 0 Å². The molecule has 1 aliphatic rings. The largest absolute Gasteiger partial charge is 0.395 e. The summed E-state index contributed by atoms with van der Waals surface area (Å²) in [6, 6.07) is 2.86. The van der Waals surface area contributed by atoms with Crippen LogP contribution in [0, 0.1) is 23.2 Å². The first-order valence-corrected chi connectivity index (χ1v) is 7.51. The Morgan fingerprint density at radius 3 is 2.56 bits per heavy atom. The molecular formula is C15H28N2O. The molecule has 1 rings (SSSR count). The van der Waals surface area contributed by atoms with E-state index in [2.05, 4.69) is 24.8 Å². The van der Waals surface area contributed by atoms with Crippen LogP contribution in [0.5, 0.6) is 0 Å². The second-order valence-electron chi connectivity index (χ2n) is 5.53. The van der Waals surface area contributed by atoms with Gasteiger partial charge in [0, 0.05) is 12.6 Å². The van der Waals surface area contributed by atoms with Gasteiger partial charge in [0.25, 0.3) is 0 Å². The van der Waals surface area contributed by atoms with Crippen LogP contribution < -0.4 is 0 Å². The Hall–Kier alpha value is -0.590. The van der Waals surface area contributed by atoms with Gasteiger partial charge < -0.3 is 5.11 Å². The zero-order chi connectivity index (χ0) is 13.4. The summed E-state index contributed by atoms with van der Waals surface area (Å²) in [7, 11) is 0. The Labute approximate surface area is 112 Å². The number of aliphatic hydroxyl groups excluding tert-OH is 1. The molecule has 3 atom stereocenters. The van der Waals surface area contributed by atoms with Crippen molar-refractivity contribution in [1.82, 2.24) is 4.90 Å². The minimum atomic E-state index is 0.163. The number of hydrogen-bond acceptors (Lipinski definition) is 3. The molecule has 0 radical (unpaired) electrons. The third kappa shape index (κ3) is 4.26. The van der Waals surface area contributed by atoms with E-state index in [1.54, 1.807) is 0 Å². The highest BCUT2D eigenvalue weighted by atomic mass is 16.3. The molecule has 0 saturated heterocycles. The first-order valence-electron chi connectivity index (χ1n) is 7.51. The third-order valence-corrected chi connectivity index (χ3v) is 4.16. The minimum absolute atomic E-state index is 0.163. The average molecular weight is 252 g/mol. The van der Waals surface area contributed by atoms with E-state index in [0.29, 0.717) is 6.04 Å². The summed E-state index contributed by atoms with van der Waals surface area (Å²) >= 11 is 0. The van der Waals surface area contributed by atoms with Crippen molar-refractivity contribution >= 4 is 0 Å². The minimum Gasteiger partial charge on any atom is -0.395 e. The SMILES string of the molecule is CCCC1CCC(C#N)C(N(CCC)CCO)C1. The molecule has 0 bridgehead atoms. The summed E-state index contributed by atoms with van der Waals surface area (Å²) in [5.41, 5.74) is 0. The molecule has 0 aliphatic heterocycles. The van der Waals surface area contributed by atoms with Crippen molar-refractivity contribution in [2.45, 2.75) is 58.4 Å². The Balaban J connectivity index is 2.67. The van der Waals surface area contributed by atoms with Gasteiger partial charge in [0.2, 0.25) is 0 Å². The van der Waals surface area contributed by atoms with Gasteiger partial charge >= 0.3 is 0 Å². The monoisotopic (exact) mass is 252 g/mol. The van der Waals surface area contributed by atoms with E-state index in [-0.39, 0.29) is 12.5 Å². The summed E-state index contributed by atoms with van der Waals surface area (Å²) in [5.74, 6) is 0.943. The Morgan fingerprint density at radius 1 is 1.22 bits per heavy atom. The van der Waals surface area contributed by atoms with Crippen LogP contribution in [0.25, 0.3) is 0 Å². The molecule has 0 spiro atoms. The molecule has 0 heterocycles. The van der Waals surface area contributed by atoms with E-state index >= 15 is 0 Å². The van der Waals surface area contributed by atoms with E-state index in [1.165, 1.54) is 19.3 Å². The van der Waals surface area contributed by atoms with Gasteiger partial charge in [-0.05, 0) is 38.1 Å². The molecule has 3 unspecified atom stereocenters. The Bertz CT molecular complexity index is 256. The topological polar surface area (TPSA) is 47.3 Å². The Kier molecular flexibility index (Phi) is 7.31. The van der Waals surface area contributed by atoms with E-state index in [9.17, 15) is 10.4 Å². The molecule has 104 valence electrons. The van der Waals surface area contributed by atoms with Crippen LogP contribution in [-0.2, 0) is 0 Å². The van der Waals surface area contributed by atoms with Gasteiger partial charge in [0.05, 0.1) is 18.6 Å². The van der Waals surface area contributed by atoms with Gasteiger partial charge in [-0.25, -0.2) is 0 Å². The first-order chi connectivity index (χ1) is 8.76. The van der Waals surface area contributed by atoms with Gasteiger partial charge in [-0.2, -0.15) is 5.26 Å². The molecular weight excluding hydrogens is 224 g/mol. The fraction of sp³-hybridized carbons (Fsp3) is 0.933. The smallest absolute Gasteiger partial charge is 0.0672 e. The third-order valence-electron chi connectivity index (χ3n) is 4.16. The molecule has 18 heavy (non-hydrogen) atoms. The van der Waals surface area contributed by atoms with Crippen molar-refractivity contribution in [3.05, 3.63) is 0 Å². The lowest BCUT2D eigenvalue weighted by molar-refractivity contribution is 0.0799. The maximum Gasteiger partial charge on any atom is 0.0672 e. The van der Waals surface area contributed by atoms with Crippen molar-refractivity contribution in [1.29, 1.82) is 5.26 Å². The highest BCUT2D eigenvalue weighted by Crippen LogP contribution is 2.34. The lowest BCUT2D eigenvalue weighted by Crippen LogP contribution is -2.45. The zero-order valence-corrected chi connectivity index (χ0v) is 11.9. The van der Waals surface area contributed by atoms with Crippen molar-refractivity contribution in [2.24, 2.45) is 11.8 Å². The van der Waals surface area contributed by atoms with Crippen LogP contribution in [0.1, 0.15) is 52.4 Å². The maximum atomic E-state index is 9.32. The average Bonchev–Trinajstić information content (AvgIpc) is 2.39. The molecule has 0 aromatic rings. The van der Waals surface area contributed by atoms with Crippen molar-refractivity contribution in [3.63, 3.8) is 0 Å². The molecule has 1 saturated carbocycles. The highest BCUT2D eigenvalue weighted by Gasteiger charge is 2.33. The van der Waals surface area contributed by atoms with Crippen LogP contribution in [0.4, 0.5) is 0 Å². The fourth-order valence-corrected chi connectivity index (χ4v) is 3.31. The predicted molar refractivity (Wildman–Crippen MR) is 74.1 cm³/mol. The summed E-state index contributed by atoms with van der Waals surface area (Å²) in [4.78, 5) is 2.34. The van der Waals surface area contributed by atoms with Gasteiger partial charge in [0.1, 0.15) is 0 Å². The van der Waals surface area contributed by atoms with Gasteiger partial charge in [-0.15, -0.1) is 0 Å². The lowest BCUT2D eigenvalue weighted by atomic mass is 9.76. The van der Waals surface area contributed by atoms with E-state index in [4.69, 9.17) is 0 Å². The fourth-order valence-electron chi connectivity index (χ4n) is 3.31. The maximum absolute atomic E-state index is 9.32. The van der Waals surface area contributed by atoms with Crippen molar-refractivity contribution in [2.75, 3.05) is 19.7 Å². The van der Waals surface area contributed by atoms with E-state index in [1.807, 2.05) is 0 Å². The summed E-state index contributed by atoms with van der Waals surface area (Å²) in [6.07, 6.45) is 7.01. The molecule has 0 aromatic carbocycles. The molecule has 1 fully saturated rings. The van der Waals surface area contributed by atoms with Crippen LogP contribution in [0.2, 0.25) is 0 Å². The van der Waals surface area contributed by atoms with Crippen molar-refractivity contribution < 1.29 is 5.11 Å². The summed E-state index contributed by atoms with van der Waals surface area (Å²) in [6.45, 7) is 6.33. The van der Waals surface area contributed by atoms with Crippen molar-refractivity contribution in [3.8, 4) is 6.07 Å². The van der Waals surface area contributed by atoms with Crippen LogP contribution in [0.15, 0.2) is 0 Å². The summed E-state index contributed by atoms with van der Waals surface area (Å²) < 4.78 is 0. The molecule has 1 aliphatic carbocycles. The molecule has 3 nitrogen and oxygen atoms in total. The number of aliphatic hydroxyl groups is 1.